The summed E-state index contributed by atoms with van der Waals surface area (Å²) in [5, 5.41) is 22.8. The molecule has 0 aromatic carbocycles. The highest BCUT2D eigenvalue weighted by Crippen LogP contribution is 1.99. The lowest BCUT2D eigenvalue weighted by Gasteiger charge is -2.26. The average molecular weight is 190 g/mol. The topological polar surface area (TPSA) is 81.6 Å². The lowest BCUT2D eigenvalue weighted by atomic mass is 10.1. The van der Waals surface area contributed by atoms with E-state index in [0.29, 0.717) is 0 Å². The van der Waals surface area contributed by atoms with Gasteiger partial charge < -0.3 is 20.8 Å². The molecule has 78 valence electrons. The van der Waals surface area contributed by atoms with Crippen LogP contribution in [-0.2, 0) is 0 Å². The Morgan fingerprint density at radius 3 is 2.15 bits per heavy atom. The van der Waals surface area contributed by atoms with Crippen molar-refractivity contribution in [2.75, 3.05) is 13.2 Å². The molecular formula is C8H18N2O3. The van der Waals surface area contributed by atoms with E-state index in [4.69, 9.17) is 10.2 Å². The smallest absolute Gasteiger partial charge is 0.315 e. The van der Waals surface area contributed by atoms with Gasteiger partial charge in [-0.1, -0.05) is 0 Å². The highest BCUT2D eigenvalue weighted by atomic mass is 16.3. The third-order valence-electron chi connectivity index (χ3n) is 1.53. The first-order valence-electron chi connectivity index (χ1n) is 4.24. The maximum atomic E-state index is 11.1. The Morgan fingerprint density at radius 2 is 1.85 bits per heavy atom. The summed E-state index contributed by atoms with van der Waals surface area (Å²) in [5.74, 6) is 0. The normalized spacial score (nSPS) is 11.5. The molecule has 2 amide bonds. The summed E-state index contributed by atoms with van der Waals surface area (Å²) in [6, 6.07) is -0.359. The Hall–Kier alpha value is -0.810. The van der Waals surface area contributed by atoms with Crippen LogP contribution in [0.5, 0.6) is 0 Å². The van der Waals surface area contributed by atoms with Crippen molar-refractivity contribution in [2.45, 2.75) is 32.4 Å². The third-order valence-corrected chi connectivity index (χ3v) is 1.53. The van der Waals surface area contributed by atoms with Gasteiger partial charge in [-0.25, -0.2) is 4.79 Å². The quantitative estimate of drug-likeness (QED) is 0.479. The monoisotopic (exact) mass is 190 g/mol. The van der Waals surface area contributed by atoms with E-state index in [1.807, 2.05) is 13.8 Å². The molecule has 0 saturated carbocycles. The van der Waals surface area contributed by atoms with E-state index in [-0.39, 0.29) is 25.3 Å². The molecule has 5 heteroatoms. The summed E-state index contributed by atoms with van der Waals surface area (Å²) in [4.78, 5) is 11.1. The van der Waals surface area contributed by atoms with Gasteiger partial charge in [0.2, 0.25) is 0 Å². The molecule has 0 radical (unpaired) electrons. The largest absolute Gasteiger partial charge is 0.394 e. The van der Waals surface area contributed by atoms with Gasteiger partial charge in [-0.15, -0.1) is 0 Å². The maximum absolute atomic E-state index is 11.1. The summed E-state index contributed by atoms with van der Waals surface area (Å²) < 4.78 is 0. The Morgan fingerprint density at radius 1 is 1.38 bits per heavy atom. The number of urea groups is 1. The minimum atomic E-state index is -0.959. The Bertz CT molecular complexity index is 167. The second-order valence-corrected chi connectivity index (χ2v) is 3.63. The molecule has 0 heterocycles. The molecule has 13 heavy (non-hydrogen) atoms. The lowest BCUT2D eigenvalue weighted by Crippen LogP contribution is -2.55. The number of rotatable bonds is 4. The fraction of sp³-hybridized carbons (Fsp3) is 0.875. The van der Waals surface area contributed by atoms with Gasteiger partial charge in [0.25, 0.3) is 0 Å². The molecule has 0 saturated heterocycles. The SMILES string of the molecule is CC(C)NC(=O)NC(C)(CO)CO. The van der Waals surface area contributed by atoms with E-state index >= 15 is 0 Å². The average Bonchev–Trinajstić information content (AvgIpc) is 2.02. The van der Waals surface area contributed by atoms with E-state index in [9.17, 15) is 4.79 Å². The molecule has 0 aliphatic carbocycles. The van der Waals surface area contributed by atoms with Crippen LogP contribution in [0.15, 0.2) is 0 Å². The molecule has 0 aliphatic heterocycles. The number of carbonyl (C=O) groups is 1. The maximum Gasteiger partial charge on any atom is 0.315 e. The van der Waals surface area contributed by atoms with Crippen LogP contribution in [0.25, 0.3) is 0 Å². The van der Waals surface area contributed by atoms with Crippen molar-refractivity contribution >= 4 is 6.03 Å². The van der Waals surface area contributed by atoms with Crippen LogP contribution in [0.2, 0.25) is 0 Å². The summed E-state index contributed by atoms with van der Waals surface area (Å²) in [7, 11) is 0. The molecule has 0 spiro atoms. The number of aliphatic hydroxyl groups is 2. The molecule has 4 N–H and O–H groups in total. The summed E-state index contributed by atoms with van der Waals surface area (Å²) >= 11 is 0. The van der Waals surface area contributed by atoms with Crippen molar-refractivity contribution < 1.29 is 15.0 Å². The minimum absolute atomic E-state index is 0.0293. The van der Waals surface area contributed by atoms with Crippen LogP contribution in [0.4, 0.5) is 4.79 Å². The number of aliphatic hydroxyl groups excluding tert-OH is 2. The van der Waals surface area contributed by atoms with Gasteiger partial charge in [-0.05, 0) is 20.8 Å². The molecule has 0 aliphatic rings. The number of carbonyl (C=O) groups excluding carboxylic acids is 1. The molecule has 0 atom stereocenters. The van der Waals surface area contributed by atoms with Crippen LogP contribution in [0.1, 0.15) is 20.8 Å². The Balaban J connectivity index is 4.02. The fourth-order valence-electron chi connectivity index (χ4n) is 0.701. The second kappa shape index (κ2) is 5.04. The van der Waals surface area contributed by atoms with Crippen molar-refractivity contribution in [2.24, 2.45) is 0 Å². The predicted octanol–water partition coefficient (Wildman–Crippen LogP) is -0.563. The van der Waals surface area contributed by atoms with Gasteiger partial charge >= 0.3 is 6.03 Å². The van der Waals surface area contributed by atoms with Gasteiger partial charge in [-0.3, -0.25) is 0 Å². The Kier molecular flexibility index (Phi) is 4.72. The first kappa shape index (κ1) is 12.2. The standard InChI is InChI=1S/C8H18N2O3/c1-6(2)9-7(13)10-8(3,4-11)5-12/h6,11-12H,4-5H2,1-3H3,(H2,9,10,13). The van der Waals surface area contributed by atoms with E-state index < -0.39 is 5.54 Å². The molecule has 5 nitrogen and oxygen atoms in total. The van der Waals surface area contributed by atoms with Crippen LogP contribution in [-0.4, -0.2) is 41.0 Å². The van der Waals surface area contributed by atoms with Gasteiger partial charge in [0.15, 0.2) is 0 Å². The molecule has 0 aromatic heterocycles. The number of hydrogen-bond donors (Lipinski definition) is 4. The highest BCUT2D eigenvalue weighted by molar-refractivity contribution is 5.75. The number of amides is 2. The molecule has 0 unspecified atom stereocenters. The van der Waals surface area contributed by atoms with Crippen molar-refractivity contribution in [3.63, 3.8) is 0 Å². The zero-order valence-corrected chi connectivity index (χ0v) is 8.29. The third kappa shape index (κ3) is 4.69. The zero-order valence-electron chi connectivity index (χ0n) is 8.29. The Labute approximate surface area is 78.1 Å². The van der Waals surface area contributed by atoms with Crippen molar-refractivity contribution in [1.82, 2.24) is 10.6 Å². The van der Waals surface area contributed by atoms with Gasteiger partial charge in [0.1, 0.15) is 0 Å². The molecule has 0 bridgehead atoms. The van der Waals surface area contributed by atoms with Gasteiger partial charge in [0.05, 0.1) is 18.8 Å². The van der Waals surface area contributed by atoms with Crippen molar-refractivity contribution in [1.29, 1.82) is 0 Å². The van der Waals surface area contributed by atoms with Crippen molar-refractivity contribution in [3.05, 3.63) is 0 Å². The zero-order chi connectivity index (χ0) is 10.5. The lowest BCUT2D eigenvalue weighted by molar-refractivity contribution is 0.109. The molecule has 0 aromatic rings. The predicted molar refractivity (Wildman–Crippen MR) is 49.4 cm³/mol. The first-order chi connectivity index (χ1) is 5.93. The summed E-state index contributed by atoms with van der Waals surface area (Å²) in [6.07, 6.45) is 0. The van der Waals surface area contributed by atoms with E-state index in [1.54, 1.807) is 6.92 Å². The summed E-state index contributed by atoms with van der Waals surface area (Å²) in [5.41, 5.74) is -0.959. The molecule has 0 fully saturated rings. The van der Waals surface area contributed by atoms with Crippen LogP contribution < -0.4 is 10.6 Å². The van der Waals surface area contributed by atoms with Crippen LogP contribution >= 0.6 is 0 Å². The number of nitrogens with one attached hydrogen (secondary N) is 2. The van der Waals surface area contributed by atoms with Crippen LogP contribution in [0.3, 0.4) is 0 Å². The van der Waals surface area contributed by atoms with E-state index in [0.717, 1.165) is 0 Å². The van der Waals surface area contributed by atoms with Gasteiger partial charge in [-0.2, -0.15) is 0 Å². The molecule has 0 rings (SSSR count). The van der Waals surface area contributed by atoms with E-state index in [1.165, 1.54) is 0 Å². The van der Waals surface area contributed by atoms with Crippen molar-refractivity contribution in [3.8, 4) is 0 Å². The van der Waals surface area contributed by atoms with E-state index in [2.05, 4.69) is 10.6 Å². The molecular weight excluding hydrogens is 172 g/mol. The highest BCUT2D eigenvalue weighted by Gasteiger charge is 2.24. The number of hydrogen-bond acceptors (Lipinski definition) is 3. The van der Waals surface area contributed by atoms with Crippen LogP contribution in [0, 0.1) is 0 Å². The first-order valence-corrected chi connectivity index (χ1v) is 4.24. The minimum Gasteiger partial charge on any atom is -0.394 e. The van der Waals surface area contributed by atoms with Gasteiger partial charge in [0, 0.05) is 6.04 Å². The fourth-order valence-corrected chi connectivity index (χ4v) is 0.701. The summed E-state index contributed by atoms with van der Waals surface area (Å²) in [6.45, 7) is 4.63. The second-order valence-electron chi connectivity index (χ2n) is 3.63.